The first-order valence-electron chi connectivity index (χ1n) is 7.92. The van der Waals surface area contributed by atoms with Crippen LogP contribution in [0.1, 0.15) is 71.6 Å². The lowest BCUT2D eigenvalue weighted by Crippen LogP contribution is -3.10. The van der Waals surface area contributed by atoms with Gasteiger partial charge in [-0.3, -0.25) is 0 Å². The van der Waals surface area contributed by atoms with Crippen LogP contribution >= 0.6 is 0 Å². The second-order valence-corrected chi connectivity index (χ2v) is 5.64. The molecule has 2 nitrogen and oxygen atoms in total. The van der Waals surface area contributed by atoms with E-state index in [1.54, 1.807) is 0 Å². The molecule has 2 atom stereocenters. The fourth-order valence-corrected chi connectivity index (χ4v) is 2.93. The van der Waals surface area contributed by atoms with Gasteiger partial charge < -0.3 is 16.7 Å². The van der Waals surface area contributed by atoms with Crippen LogP contribution in [0.2, 0.25) is 0 Å². The maximum absolute atomic E-state index is 6.25. The Kier molecular flexibility index (Phi) is 12.5. The summed E-state index contributed by atoms with van der Waals surface area (Å²) in [5.74, 6) is 1.04. The summed E-state index contributed by atoms with van der Waals surface area (Å²) in [6, 6.07) is 0. The molecule has 1 aliphatic heterocycles. The van der Waals surface area contributed by atoms with E-state index in [2.05, 4.69) is 13.8 Å². The zero-order valence-corrected chi connectivity index (χ0v) is 12.5. The Morgan fingerprint density at radius 3 is 2.17 bits per heavy atom. The van der Waals surface area contributed by atoms with Crippen LogP contribution in [0.15, 0.2) is 0 Å². The van der Waals surface area contributed by atoms with Crippen molar-refractivity contribution >= 4 is 0 Å². The van der Waals surface area contributed by atoms with Crippen LogP contribution in [0, 0.1) is 17.8 Å². The molecule has 2 unspecified atom stereocenters. The van der Waals surface area contributed by atoms with E-state index in [1.165, 1.54) is 77.4 Å². The minimum atomic E-state index is 1.04. The van der Waals surface area contributed by atoms with Gasteiger partial charge in [0.25, 0.3) is 0 Å². The maximum Gasteiger partial charge on any atom is 0.0801 e. The molecular formula is C16H32N2. The van der Waals surface area contributed by atoms with E-state index in [0.717, 1.165) is 5.92 Å². The zero-order valence-electron chi connectivity index (χ0n) is 12.5. The summed E-state index contributed by atoms with van der Waals surface area (Å²) in [5, 5.41) is 6.25. The predicted octanol–water partition coefficient (Wildman–Crippen LogP) is 3.15. The predicted molar refractivity (Wildman–Crippen MR) is 76.9 cm³/mol. The van der Waals surface area contributed by atoms with Crippen LogP contribution in [-0.2, 0) is 0 Å². The molecule has 0 aromatic rings. The highest BCUT2D eigenvalue weighted by atomic mass is 15.1. The molecule has 1 N–H and O–H groups in total. The Labute approximate surface area is 114 Å². The van der Waals surface area contributed by atoms with Gasteiger partial charge >= 0.3 is 0 Å². The quantitative estimate of drug-likeness (QED) is 0.495. The SMILES string of the molecule is CCCCCCCCC[NH+]1CCC(CC)C1.[C-]#N. The summed E-state index contributed by atoms with van der Waals surface area (Å²) in [7, 11) is 0. The number of nitrogens with zero attached hydrogens (tertiary/aromatic N) is 1. The highest BCUT2D eigenvalue weighted by Gasteiger charge is 2.23. The van der Waals surface area contributed by atoms with E-state index in [-0.39, 0.29) is 0 Å². The van der Waals surface area contributed by atoms with Crippen molar-refractivity contribution in [2.45, 2.75) is 71.6 Å². The van der Waals surface area contributed by atoms with Crippen LogP contribution in [0.3, 0.4) is 0 Å². The lowest BCUT2D eigenvalue weighted by Gasteiger charge is -2.12. The fourth-order valence-electron chi connectivity index (χ4n) is 2.93. The molecule has 106 valence electrons. The van der Waals surface area contributed by atoms with Crippen molar-refractivity contribution in [3.63, 3.8) is 0 Å². The van der Waals surface area contributed by atoms with Gasteiger partial charge in [-0.05, 0) is 19.3 Å². The van der Waals surface area contributed by atoms with Crippen molar-refractivity contribution in [3.8, 4) is 0 Å². The van der Waals surface area contributed by atoms with Gasteiger partial charge in [0.2, 0.25) is 0 Å². The number of unbranched alkanes of at least 4 members (excludes halogenated alkanes) is 6. The minimum absolute atomic E-state index is 1.04. The monoisotopic (exact) mass is 252 g/mol. The van der Waals surface area contributed by atoms with Gasteiger partial charge in [0, 0.05) is 12.3 Å². The Bertz CT molecular complexity index is 189. The molecule has 0 aromatic carbocycles. The molecule has 0 bridgehead atoms. The normalized spacial score (nSPS) is 22.4. The van der Waals surface area contributed by atoms with Crippen molar-refractivity contribution in [1.82, 2.24) is 0 Å². The lowest BCUT2D eigenvalue weighted by atomic mass is 10.1. The summed E-state index contributed by atoms with van der Waals surface area (Å²) in [6.07, 6.45) is 13.1. The summed E-state index contributed by atoms with van der Waals surface area (Å²) in [6.45, 7) is 13.8. The van der Waals surface area contributed by atoms with Crippen LogP contribution in [0.4, 0.5) is 0 Å². The number of hydrogen-bond donors (Lipinski definition) is 1. The van der Waals surface area contributed by atoms with Gasteiger partial charge in [0.15, 0.2) is 0 Å². The van der Waals surface area contributed by atoms with Crippen LogP contribution in [-0.4, -0.2) is 19.6 Å². The van der Waals surface area contributed by atoms with E-state index in [0.29, 0.717) is 0 Å². The third-order valence-electron chi connectivity index (χ3n) is 4.19. The van der Waals surface area contributed by atoms with Crippen molar-refractivity contribution in [3.05, 3.63) is 6.57 Å². The molecule has 0 radical (unpaired) electrons. The topological polar surface area (TPSA) is 28.2 Å². The van der Waals surface area contributed by atoms with Crippen molar-refractivity contribution in [2.75, 3.05) is 19.6 Å². The number of quaternary nitrogens is 1. The lowest BCUT2D eigenvalue weighted by molar-refractivity contribution is -0.889. The van der Waals surface area contributed by atoms with Gasteiger partial charge in [-0.1, -0.05) is 46.0 Å². The average Bonchev–Trinajstić information content (AvgIpc) is 2.88. The van der Waals surface area contributed by atoms with Gasteiger partial charge in [0.1, 0.15) is 0 Å². The standard InChI is InChI=1S/C15H31N.CN/c1-3-5-6-7-8-9-10-12-16-13-11-15(4-2)14-16;1-2/h15H,3-14H2,1-2H3;/q;-1/p+1. The summed E-state index contributed by atoms with van der Waals surface area (Å²) >= 11 is 0. The smallest absolute Gasteiger partial charge is 0.0801 e. The Hall–Kier alpha value is -0.550. The summed E-state index contributed by atoms with van der Waals surface area (Å²) in [4.78, 5) is 1.89. The molecule has 1 rings (SSSR count). The largest absolute Gasteiger partial charge is 0.512 e. The Balaban J connectivity index is 0.00000137. The average molecular weight is 252 g/mol. The molecule has 0 amide bonds. The molecule has 0 saturated carbocycles. The van der Waals surface area contributed by atoms with Crippen molar-refractivity contribution in [1.29, 1.82) is 5.26 Å². The molecule has 1 fully saturated rings. The van der Waals surface area contributed by atoms with E-state index in [4.69, 9.17) is 11.8 Å². The fraction of sp³-hybridized carbons (Fsp3) is 0.938. The third-order valence-corrected chi connectivity index (χ3v) is 4.19. The molecule has 0 aliphatic carbocycles. The van der Waals surface area contributed by atoms with Gasteiger partial charge in [-0.2, -0.15) is 0 Å². The summed E-state index contributed by atoms with van der Waals surface area (Å²) < 4.78 is 0. The van der Waals surface area contributed by atoms with E-state index in [1.807, 2.05) is 4.90 Å². The molecule has 0 aromatic heterocycles. The first-order chi connectivity index (χ1) is 8.86. The number of rotatable bonds is 9. The first kappa shape index (κ1) is 17.4. The molecule has 1 aliphatic rings. The van der Waals surface area contributed by atoms with E-state index in [9.17, 15) is 0 Å². The van der Waals surface area contributed by atoms with E-state index < -0.39 is 0 Å². The van der Waals surface area contributed by atoms with Gasteiger partial charge in [0.05, 0.1) is 19.6 Å². The second-order valence-electron chi connectivity index (χ2n) is 5.64. The number of hydrogen-bond acceptors (Lipinski definition) is 1. The van der Waals surface area contributed by atoms with Crippen molar-refractivity contribution in [2.24, 2.45) is 5.92 Å². The maximum atomic E-state index is 6.25. The molecule has 0 spiro atoms. The zero-order chi connectivity index (χ0) is 13.6. The van der Waals surface area contributed by atoms with Gasteiger partial charge in [-0.25, -0.2) is 0 Å². The second kappa shape index (κ2) is 12.9. The minimum Gasteiger partial charge on any atom is -0.512 e. The summed E-state index contributed by atoms with van der Waals surface area (Å²) in [5.41, 5.74) is 0. The molecule has 2 heteroatoms. The molecular weight excluding hydrogens is 220 g/mol. The Morgan fingerprint density at radius 2 is 1.61 bits per heavy atom. The van der Waals surface area contributed by atoms with Crippen LogP contribution in [0.25, 0.3) is 0 Å². The van der Waals surface area contributed by atoms with Gasteiger partial charge in [-0.15, -0.1) is 0 Å². The van der Waals surface area contributed by atoms with Crippen LogP contribution < -0.4 is 4.90 Å². The highest BCUT2D eigenvalue weighted by Crippen LogP contribution is 2.09. The Morgan fingerprint density at radius 1 is 1.00 bits per heavy atom. The van der Waals surface area contributed by atoms with Crippen molar-refractivity contribution < 1.29 is 4.90 Å². The number of likely N-dealkylation sites (tertiary alicyclic amines) is 1. The highest BCUT2D eigenvalue weighted by molar-refractivity contribution is 4.59. The van der Waals surface area contributed by atoms with E-state index >= 15 is 0 Å². The third kappa shape index (κ3) is 8.53. The molecule has 1 heterocycles. The van der Waals surface area contributed by atoms with Crippen LogP contribution in [0.5, 0.6) is 0 Å². The number of nitrogens with one attached hydrogen (secondary N) is 1. The molecule has 18 heavy (non-hydrogen) atoms. The molecule has 1 saturated heterocycles. The first-order valence-corrected chi connectivity index (χ1v) is 7.92.